The maximum absolute atomic E-state index is 13.4. The number of rotatable bonds is 1. The summed E-state index contributed by atoms with van der Waals surface area (Å²) in [5.74, 6) is -0.847. The van der Waals surface area contributed by atoms with Gasteiger partial charge < -0.3 is 30.5 Å². The van der Waals surface area contributed by atoms with Crippen LogP contribution in [0.2, 0.25) is 0 Å². The molecule has 2 atom stereocenters. The van der Waals surface area contributed by atoms with E-state index in [2.05, 4.69) is 20.9 Å². The van der Waals surface area contributed by atoms with E-state index in [4.69, 9.17) is 4.74 Å². The molecule has 1 saturated heterocycles. The Morgan fingerprint density at radius 2 is 1.82 bits per heavy atom. The average Bonchev–Trinajstić information content (AvgIpc) is 3.04. The van der Waals surface area contributed by atoms with Gasteiger partial charge in [-0.15, -0.1) is 0 Å². The highest BCUT2D eigenvalue weighted by atomic mass is 16.5. The number of nitrogens with one attached hydrogen (secondary N) is 3. The van der Waals surface area contributed by atoms with Gasteiger partial charge in [0.05, 0.1) is 12.2 Å². The van der Waals surface area contributed by atoms with E-state index in [0.29, 0.717) is 44.0 Å². The maximum Gasteiger partial charge on any atom is 0.255 e. The summed E-state index contributed by atoms with van der Waals surface area (Å²) in [7, 11) is 2.01. The van der Waals surface area contributed by atoms with E-state index in [-0.39, 0.29) is 30.6 Å². The Labute approximate surface area is 200 Å². The number of benzene rings is 1. The second-order valence-corrected chi connectivity index (χ2v) is 8.83. The van der Waals surface area contributed by atoms with Crippen molar-refractivity contribution in [3.05, 3.63) is 29.8 Å². The highest BCUT2D eigenvalue weighted by Gasteiger charge is 2.29. The van der Waals surface area contributed by atoms with Crippen molar-refractivity contribution in [2.75, 3.05) is 46.4 Å². The molecule has 34 heavy (non-hydrogen) atoms. The molecule has 0 unspecified atom stereocenters. The van der Waals surface area contributed by atoms with Gasteiger partial charge >= 0.3 is 0 Å². The van der Waals surface area contributed by atoms with Gasteiger partial charge in [-0.1, -0.05) is 12.1 Å². The van der Waals surface area contributed by atoms with Crippen LogP contribution < -0.4 is 20.7 Å². The predicted octanol–water partition coefficient (Wildman–Crippen LogP) is 0.133. The molecule has 2 heterocycles. The van der Waals surface area contributed by atoms with Gasteiger partial charge in [0.2, 0.25) is 17.7 Å². The smallest absolute Gasteiger partial charge is 0.255 e. The van der Waals surface area contributed by atoms with E-state index >= 15 is 0 Å². The molecule has 4 amide bonds. The van der Waals surface area contributed by atoms with Crippen LogP contribution in [0.3, 0.4) is 0 Å². The van der Waals surface area contributed by atoms with Gasteiger partial charge in [0.25, 0.3) is 5.91 Å². The third-order valence-electron chi connectivity index (χ3n) is 6.08. The number of hydrogen-bond donors (Lipinski definition) is 3. The molecule has 3 rings (SSSR count). The van der Waals surface area contributed by atoms with Crippen LogP contribution in [0.1, 0.15) is 43.0 Å². The standard InChI is InChI=1S/C24H35N5O5/c1-17-22(31)25-11-5-16-34-20-8-4-3-7-18(20)23(32)27-19(9-10-21(30)26-17)24(33)29-13-6-12-28(2)14-15-29/h3-4,7-8,17,19H,5-6,9-16H2,1-2H3,(H,25,31)(H,26,30)(H,27,32)/t17-,19-/m0/s1. The van der Waals surface area contributed by atoms with Crippen molar-refractivity contribution in [2.45, 2.75) is 44.7 Å². The lowest BCUT2D eigenvalue weighted by molar-refractivity contribution is -0.134. The lowest BCUT2D eigenvalue weighted by Crippen LogP contribution is -2.50. The van der Waals surface area contributed by atoms with Gasteiger partial charge in [-0.25, -0.2) is 0 Å². The fourth-order valence-corrected chi connectivity index (χ4v) is 4.03. The van der Waals surface area contributed by atoms with Crippen molar-refractivity contribution in [3.63, 3.8) is 0 Å². The summed E-state index contributed by atoms with van der Waals surface area (Å²) in [6.07, 6.45) is 1.50. The Hall–Kier alpha value is -3.14. The third kappa shape index (κ3) is 7.18. The molecule has 2 aliphatic rings. The van der Waals surface area contributed by atoms with Crippen molar-refractivity contribution < 1.29 is 23.9 Å². The fraction of sp³-hybridized carbons (Fsp3) is 0.583. The lowest BCUT2D eigenvalue weighted by Gasteiger charge is -2.27. The van der Waals surface area contributed by atoms with E-state index in [1.54, 1.807) is 36.1 Å². The highest BCUT2D eigenvalue weighted by Crippen LogP contribution is 2.19. The summed E-state index contributed by atoms with van der Waals surface area (Å²) < 4.78 is 5.80. The molecule has 10 heteroatoms. The van der Waals surface area contributed by atoms with E-state index in [9.17, 15) is 19.2 Å². The molecule has 3 N–H and O–H groups in total. The third-order valence-corrected chi connectivity index (χ3v) is 6.08. The molecule has 0 spiro atoms. The molecule has 0 bridgehead atoms. The number of nitrogens with zero attached hydrogens (tertiary/aromatic N) is 2. The van der Waals surface area contributed by atoms with E-state index < -0.39 is 18.0 Å². The summed E-state index contributed by atoms with van der Waals surface area (Å²) in [6.45, 7) is 5.10. The second kappa shape index (κ2) is 12.4. The first-order chi connectivity index (χ1) is 16.3. The van der Waals surface area contributed by atoms with Crippen LogP contribution in [0.5, 0.6) is 5.75 Å². The van der Waals surface area contributed by atoms with Crippen LogP contribution in [-0.4, -0.2) is 91.9 Å². The molecule has 1 fully saturated rings. The SMILES string of the molecule is C[C@@H]1NC(=O)CC[C@@H](C(=O)N2CCCN(C)CC2)NC(=O)c2ccccc2OCCCNC1=O. The van der Waals surface area contributed by atoms with Gasteiger partial charge in [0.1, 0.15) is 17.8 Å². The van der Waals surface area contributed by atoms with Crippen LogP contribution in [0.25, 0.3) is 0 Å². The molecule has 0 aromatic heterocycles. The zero-order valence-electron chi connectivity index (χ0n) is 20.0. The van der Waals surface area contributed by atoms with Crippen molar-refractivity contribution in [3.8, 4) is 5.75 Å². The zero-order chi connectivity index (χ0) is 24.5. The predicted molar refractivity (Wildman–Crippen MR) is 126 cm³/mol. The minimum absolute atomic E-state index is 0.000195. The number of hydrogen-bond acceptors (Lipinski definition) is 6. The topological polar surface area (TPSA) is 120 Å². The first-order valence-electron chi connectivity index (χ1n) is 11.9. The molecule has 10 nitrogen and oxygen atoms in total. The molecule has 0 saturated carbocycles. The van der Waals surface area contributed by atoms with Crippen molar-refractivity contribution >= 4 is 23.6 Å². The Morgan fingerprint density at radius 3 is 2.65 bits per heavy atom. The summed E-state index contributed by atoms with van der Waals surface area (Å²) in [6, 6.07) is 5.28. The van der Waals surface area contributed by atoms with Crippen LogP contribution >= 0.6 is 0 Å². The van der Waals surface area contributed by atoms with Crippen molar-refractivity contribution in [1.29, 1.82) is 0 Å². The minimum Gasteiger partial charge on any atom is -0.493 e. The number of amides is 4. The van der Waals surface area contributed by atoms with Gasteiger partial charge in [-0.2, -0.15) is 0 Å². The van der Waals surface area contributed by atoms with Crippen LogP contribution in [-0.2, 0) is 14.4 Å². The van der Waals surface area contributed by atoms with Crippen LogP contribution in [0.4, 0.5) is 0 Å². The molecule has 0 radical (unpaired) electrons. The van der Waals surface area contributed by atoms with E-state index in [1.165, 1.54) is 0 Å². The molecular weight excluding hydrogens is 438 g/mol. The Balaban J connectivity index is 1.82. The number of ether oxygens (including phenoxy) is 1. The zero-order valence-corrected chi connectivity index (χ0v) is 20.0. The number of carbonyl (C=O) groups is 4. The number of likely N-dealkylation sites (N-methyl/N-ethyl adjacent to an activating group) is 1. The van der Waals surface area contributed by atoms with E-state index in [1.807, 2.05) is 7.05 Å². The Kier molecular flexibility index (Phi) is 9.26. The number of para-hydroxylation sites is 1. The molecule has 186 valence electrons. The summed E-state index contributed by atoms with van der Waals surface area (Å²) in [5, 5.41) is 8.28. The molecular formula is C24H35N5O5. The summed E-state index contributed by atoms with van der Waals surface area (Å²) in [5.41, 5.74) is 0.324. The first-order valence-corrected chi connectivity index (χ1v) is 11.9. The fourth-order valence-electron chi connectivity index (χ4n) is 4.03. The van der Waals surface area contributed by atoms with Crippen LogP contribution in [0, 0.1) is 0 Å². The summed E-state index contributed by atoms with van der Waals surface area (Å²) >= 11 is 0. The number of fused-ring (bicyclic) bond motifs is 1. The Morgan fingerprint density at radius 1 is 1.03 bits per heavy atom. The maximum atomic E-state index is 13.4. The first kappa shape index (κ1) is 25.5. The second-order valence-electron chi connectivity index (χ2n) is 8.83. The normalized spacial score (nSPS) is 24.1. The number of carbonyl (C=O) groups excluding carboxylic acids is 4. The van der Waals surface area contributed by atoms with Crippen LogP contribution in [0.15, 0.2) is 24.3 Å². The summed E-state index contributed by atoms with van der Waals surface area (Å²) in [4.78, 5) is 55.2. The quantitative estimate of drug-likeness (QED) is 0.534. The van der Waals surface area contributed by atoms with Gasteiger partial charge in [0.15, 0.2) is 0 Å². The largest absolute Gasteiger partial charge is 0.493 e. The monoisotopic (exact) mass is 473 g/mol. The molecule has 2 aliphatic heterocycles. The highest BCUT2D eigenvalue weighted by molar-refractivity contribution is 5.99. The van der Waals surface area contributed by atoms with Crippen molar-refractivity contribution in [2.24, 2.45) is 0 Å². The molecule has 1 aromatic carbocycles. The van der Waals surface area contributed by atoms with Gasteiger partial charge in [0, 0.05) is 32.6 Å². The average molecular weight is 474 g/mol. The molecule has 1 aromatic rings. The van der Waals surface area contributed by atoms with Gasteiger partial charge in [-0.3, -0.25) is 19.2 Å². The molecule has 0 aliphatic carbocycles. The van der Waals surface area contributed by atoms with Crippen molar-refractivity contribution in [1.82, 2.24) is 25.8 Å². The minimum atomic E-state index is -0.869. The van der Waals surface area contributed by atoms with E-state index in [0.717, 1.165) is 19.5 Å². The Bertz CT molecular complexity index is 892. The van der Waals surface area contributed by atoms with Gasteiger partial charge in [-0.05, 0) is 51.9 Å². The lowest BCUT2D eigenvalue weighted by atomic mass is 10.1.